The highest BCUT2D eigenvalue weighted by molar-refractivity contribution is 5.94. The van der Waals surface area contributed by atoms with Gasteiger partial charge in [0.05, 0.1) is 23.0 Å². The van der Waals surface area contributed by atoms with Crippen LogP contribution in [0.15, 0.2) is 48.8 Å². The predicted octanol–water partition coefficient (Wildman–Crippen LogP) is 3.47. The summed E-state index contributed by atoms with van der Waals surface area (Å²) in [7, 11) is 0. The van der Waals surface area contributed by atoms with Gasteiger partial charge in [-0.1, -0.05) is 20.8 Å². The lowest BCUT2D eigenvalue weighted by molar-refractivity contribution is 0.0747. The van der Waals surface area contributed by atoms with Crippen LogP contribution in [-0.4, -0.2) is 46.4 Å². The van der Waals surface area contributed by atoms with E-state index in [9.17, 15) is 4.79 Å². The average Bonchev–Trinajstić information content (AvgIpc) is 3.17. The van der Waals surface area contributed by atoms with Gasteiger partial charge in [0, 0.05) is 49.6 Å². The molecule has 0 radical (unpaired) electrons. The van der Waals surface area contributed by atoms with Crippen LogP contribution in [0.5, 0.6) is 0 Å². The Morgan fingerprint density at radius 1 is 1.00 bits per heavy atom. The SMILES string of the molecule is CC(C)(C)c1cn2cc(N3CCN(C(=O)c4ccc(C#N)cc4)CC3)ccc2n1. The van der Waals surface area contributed by atoms with Crippen LogP contribution in [0, 0.1) is 11.3 Å². The van der Waals surface area contributed by atoms with Crippen LogP contribution in [0.3, 0.4) is 0 Å². The summed E-state index contributed by atoms with van der Waals surface area (Å²) in [5.74, 6) is 0.0222. The zero-order chi connectivity index (χ0) is 20.6. The van der Waals surface area contributed by atoms with Gasteiger partial charge in [0.25, 0.3) is 5.91 Å². The van der Waals surface area contributed by atoms with E-state index in [1.807, 2.05) is 4.90 Å². The van der Waals surface area contributed by atoms with E-state index in [1.54, 1.807) is 24.3 Å². The molecule has 0 atom stereocenters. The number of imidazole rings is 1. The van der Waals surface area contributed by atoms with Gasteiger partial charge >= 0.3 is 0 Å². The van der Waals surface area contributed by atoms with Crippen molar-refractivity contribution < 1.29 is 4.79 Å². The van der Waals surface area contributed by atoms with E-state index in [0.717, 1.165) is 30.1 Å². The van der Waals surface area contributed by atoms with E-state index in [0.29, 0.717) is 24.2 Å². The highest BCUT2D eigenvalue weighted by atomic mass is 16.2. The van der Waals surface area contributed by atoms with Gasteiger partial charge in [-0.25, -0.2) is 4.98 Å². The number of carbonyl (C=O) groups is 1. The number of rotatable bonds is 2. The first-order chi connectivity index (χ1) is 13.8. The van der Waals surface area contributed by atoms with Crippen LogP contribution in [0.25, 0.3) is 5.65 Å². The first-order valence-corrected chi connectivity index (χ1v) is 9.89. The van der Waals surface area contributed by atoms with Gasteiger partial charge in [0.1, 0.15) is 5.65 Å². The van der Waals surface area contributed by atoms with Gasteiger partial charge in [0.2, 0.25) is 0 Å². The summed E-state index contributed by atoms with van der Waals surface area (Å²) >= 11 is 0. The number of pyridine rings is 1. The Labute approximate surface area is 171 Å². The molecule has 0 aliphatic carbocycles. The van der Waals surface area contributed by atoms with E-state index >= 15 is 0 Å². The minimum atomic E-state index is 0.0175. The maximum atomic E-state index is 12.7. The largest absolute Gasteiger partial charge is 0.367 e. The van der Waals surface area contributed by atoms with Crippen LogP contribution in [0.2, 0.25) is 0 Å². The summed E-state index contributed by atoms with van der Waals surface area (Å²) < 4.78 is 2.09. The second-order valence-corrected chi connectivity index (χ2v) is 8.50. The number of piperazine rings is 1. The van der Waals surface area contributed by atoms with Crippen molar-refractivity contribution in [2.45, 2.75) is 26.2 Å². The number of hydrogen-bond donors (Lipinski definition) is 0. The van der Waals surface area contributed by atoms with Gasteiger partial charge in [-0.2, -0.15) is 5.26 Å². The number of benzene rings is 1. The number of hydrogen-bond acceptors (Lipinski definition) is 4. The summed E-state index contributed by atoms with van der Waals surface area (Å²) in [6.07, 6.45) is 4.22. The van der Waals surface area contributed by atoms with Crippen LogP contribution in [0.1, 0.15) is 42.4 Å². The Balaban J connectivity index is 1.45. The molecule has 1 amide bonds. The van der Waals surface area contributed by atoms with Crippen LogP contribution < -0.4 is 4.90 Å². The molecule has 1 aliphatic heterocycles. The highest BCUT2D eigenvalue weighted by Gasteiger charge is 2.23. The average molecular weight is 387 g/mol. The molecule has 6 nitrogen and oxygen atoms in total. The van der Waals surface area contributed by atoms with Gasteiger partial charge in [-0.15, -0.1) is 0 Å². The number of nitriles is 1. The second kappa shape index (κ2) is 7.25. The smallest absolute Gasteiger partial charge is 0.253 e. The Bertz CT molecular complexity index is 1080. The topological polar surface area (TPSA) is 64.6 Å². The molecule has 2 aromatic heterocycles. The summed E-state index contributed by atoms with van der Waals surface area (Å²) in [6.45, 7) is 9.42. The molecular formula is C23H25N5O. The fraction of sp³-hybridized carbons (Fsp3) is 0.348. The van der Waals surface area contributed by atoms with Crippen LogP contribution >= 0.6 is 0 Å². The molecule has 6 heteroatoms. The van der Waals surface area contributed by atoms with Gasteiger partial charge in [-0.3, -0.25) is 4.79 Å². The van der Waals surface area contributed by atoms with E-state index in [1.165, 1.54) is 0 Å². The molecule has 0 unspecified atom stereocenters. The standard InChI is InChI=1S/C23H25N5O/c1-23(2,3)20-16-28-15-19(8-9-21(28)25-20)26-10-12-27(13-11-26)22(29)18-6-4-17(14-24)5-7-18/h4-9,15-16H,10-13H2,1-3H3. The number of fused-ring (bicyclic) bond motifs is 1. The van der Waals surface area contributed by atoms with Crippen molar-refractivity contribution in [1.82, 2.24) is 14.3 Å². The zero-order valence-corrected chi connectivity index (χ0v) is 17.1. The lowest BCUT2D eigenvalue weighted by Gasteiger charge is -2.36. The Kier molecular flexibility index (Phi) is 4.75. The Hall–Kier alpha value is -3.33. The molecule has 1 aliphatic rings. The molecule has 0 bridgehead atoms. The lowest BCUT2D eigenvalue weighted by Crippen LogP contribution is -2.48. The summed E-state index contributed by atoms with van der Waals surface area (Å²) in [5.41, 5.74) is 4.38. The van der Waals surface area contributed by atoms with Crippen molar-refractivity contribution in [2.24, 2.45) is 0 Å². The predicted molar refractivity (Wildman–Crippen MR) is 113 cm³/mol. The zero-order valence-electron chi connectivity index (χ0n) is 17.1. The molecule has 1 aromatic carbocycles. The minimum absolute atomic E-state index is 0.0175. The normalized spacial score (nSPS) is 14.8. The maximum Gasteiger partial charge on any atom is 0.253 e. The van der Waals surface area contributed by atoms with Crippen molar-refractivity contribution in [3.05, 3.63) is 65.6 Å². The molecule has 0 spiro atoms. The molecule has 0 saturated carbocycles. The molecule has 29 heavy (non-hydrogen) atoms. The lowest BCUT2D eigenvalue weighted by atomic mass is 9.93. The van der Waals surface area contributed by atoms with E-state index < -0.39 is 0 Å². The van der Waals surface area contributed by atoms with Crippen molar-refractivity contribution in [1.29, 1.82) is 5.26 Å². The molecule has 3 heterocycles. The molecular weight excluding hydrogens is 362 g/mol. The molecule has 4 rings (SSSR count). The number of aromatic nitrogens is 2. The third kappa shape index (κ3) is 3.81. The molecule has 148 valence electrons. The molecule has 0 N–H and O–H groups in total. The number of amides is 1. The first-order valence-electron chi connectivity index (χ1n) is 9.89. The van der Waals surface area contributed by atoms with Crippen molar-refractivity contribution in [2.75, 3.05) is 31.1 Å². The number of carbonyl (C=O) groups excluding carboxylic acids is 1. The summed E-state index contributed by atoms with van der Waals surface area (Å²) in [5, 5.41) is 8.90. The summed E-state index contributed by atoms with van der Waals surface area (Å²) in [6, 6.07) is 13.1. The summed E-state index contributed by atoms with van der Waals surface area (Å²) in [4.78, 5) is 21.6. The van der Waals surface area contributed by atoms with Crippen molar-refractivity contribution >= 4 is 17.2 Å². The van der Waals surface area contributed by atoms with E-state index in [2.05, 4.69) is 60.7 Å². The van der Waals surface area contributed by atoms with Gasteiger partial charge < -0.3 is 14.2 Å². The Morgan fingerprint density at radius 3 is 2.31 bits per heavy atom. The van der Waals surface area contributed by atoms with Gasteiger partial charge in [-0.05, 0) is 36.4 Å². The molecule has 1 saturated heterocycles. The van der Waals surface area contributed by atoms with Crippen molar-refractivity contribution in [3.63, 3.8) is 0 Å². The third-order valence-corrected chi connectivity index (χ3v) is 5.40. The highest BCUT2D eigenvalue weighted by Crippen LogP contribution is 2.24. The van der Waals surface area contributed by atoms with Crippen LogP contribution in [0.4, 0.5) is 5.69 Å². The minimum Gasteiger partial charge on any atom is -0.367 e. The number of anilines is 1. The van der Waals surface area contributed by atoms with E-state index in [-0.39, 0.29) is 11.3 Å². The van der Waals surface area contributed by atoms with Crippen molar-refractivity contribution in [3.8, 4) is 6.07 Å². The third-order valence-electron chi connectivity index (χ3n) is 5.40. The monoisotopic (exact) mass is 387 g/mol. The molecule has 3 aromatic rings. The van der Waals surface area contributed by atoms with Crippen LogP contribution in [-0.2, 0) is 5.41 Å². The Morgan fingerprint density at radius 2 is 1.69 bits per heavy atom. The second-order valence-electron chi connectivity index (χ2n) is 8.50. The quantitative estimate of drug-likeness (QED) is 0.675. The maximum absolute atomic E-state index is 12.7. The fourth-order valence-electron chi connectivity index (χ4n) is 3.57. The molecule has 1 fully saturated rings. The van der Waals surface area contributed by atoms with Gasteiger partial charge in [0.15, 0.2) is 0 Å². The first kappa shape index (κ1) is 19.0. The van der Waals surface area contributed by atoms with E-state index in [4.69, 9.17) is 10.2 Å². The number of nitrogens with zero attached hydrogens (tertiary/aromatic N) is 5. The fourth-order valence-corrected chi connectivity index (χ4v) is 3.57.